The monoisotopic (exact) mass is 331 g/mol. The summed E-state index contributed by atoms with van der Waals surface area (Å²) in [5.74, 6) is 0.211. The number of fused-ring (bicyclic) bond motifs is 3. The van der Waals surface area contributed by atoms with Gasteiger partial charge in [-0.3, -0.25) is 4.40 Å². The van der Waals surface area contributed by atoms with Gasteiger partial charge in [-0.2, -0.15) is 0 Å². The summed E-state index contributed by atoms with van der Waals surface area (Å²) in [5.41, 5.74) is 10.5. The predicted octanol–water partition coefficient (Wildman–Crippen LogP) is 3.83. The summed E-state index contributed by atoms with van der Waals surface area (Å²) >= 11 is 0. The molecule has 0 atom stereocenters. The van der Waals surface area contributed by atoms with Crippen LogP contribution in [0.4, 0.5) is 5.82 Å². The lowest BCUT2D eigenvalue weighted by atomic mass is 10.1. The zero-order valence-electron chi connectivity index (χ0n) is 14.0. The van der Waals surface area contributed by atoms with Crippen LogP contribution >= 0.6 is 0 Å². The molecule has 2 heterocycles. The van der Waals surface area contributed by atoms with Crippen molar-refractivity contribution >= 4 is 28.2 Å². The number of nitrogens with two attached hydrogens (primary N) is 1. The number of carbonyl (C=O) groups excluding carboxylic acids is 1. The lowest BCUT2D eigenvalue weighted by Crippen LogP contribution is -2.02. The fourth-order valence-corrected chi connectivity index (χ4v) is 3.20. The summed E-state index contributed by atoms with van der Waals surface area (Å²) in [5, 5.41) is 1.65. The van der Waals surface area contributed by atoms with E-state index in [9.17, 15) is 4.79 Å². The van der Waals surface area contributed by atoms with Crippen molar-refractivity contribution in [3.05, 3.63) is 65.9 Å². The maximum atomic E-state index is 12.0. The van der Waals surface area contributed by atoms with E-state index in [2.05, 4.69) is 0 Å². The number of nitrogen functional groups attached to an aromatic ring is 1. The van der Waals surface area contributed by atoms with Gasteiger partial charge in [0.2, 0.25) is 0 Å². The van der Waals surface area contributed by atoms with Crippen molar-refractivity contribution in [3.63, 3.8) is 0 Å². The molecule has 0 spiro atoms. The molecule has 0 aliphatic carbocycles. The Morgan fingerprint density at radius 3 is 2.64 bits per heavy atom. The van der Waals surface area contributed by atoms with Crippen LogP contribution in [0, 0.1) is 6.92 Å². The van der Waals surface area contributed by atoms with Crippen LogP contribution in [0.1, 0.15) is 15.9 Å². The highest BCUT2D eigenvalue weighted by molar-refractivity contribution is 6.08. The van der Waals surface area contributed by atoms with E-state index in [4.69, 9.17) is 15.5 Å². The molecule has 0 saturated heterocycles. The number of rotatable bonds is 2. The van der Waals surface area contributed by atoms with Crippen molar-refractivity contribution in [2.45, 2.75) is 6.92 Å². The molecular formula is C20H17N3O2. The SMILES string of the molecule is COC(=O)c1cccc2c1ccn1c(N)c(-c3ccccc3C)nc21. The van der Waals surface area contributed by atoms with Gasteiger partial charge in [0.25, 0.3) is 0 Å². The van der Waals surface area contributed by atoms with Gasteiger partial charge >= 0.3 is 5.97 Å². The summed E-state index contributed by atoms with van der Waals surface area (Å²) in [7, 11) is 1.38. The van der Waals surface area contributed by atoms with Crippen LogP contribution in [-0.4, -0.2) is 22.5 Å². The number of anilines is 1. The number of nitrogens with zero attached hydrogens (tertiary/aromatic N) is 2. The molecule has 2 aromatic heterocycles. The molecule has 5 nitrogen and oxygen atoms in total. The van der Waals surface area contributed by atoms with E-state index in [0.717, 1.165) is 33.2 Å². The van der Waals surface area contributed by atoms with Crippen molar-refractivity contribution in [2.24, 2.45) is 0 Å². The largest absolute Gasteiger partial charge is 0.465 e. The van der Waals surface area contributed by atoms with Crippen molar-refractivity contribution < 1.29 is 9.53 Å². The fraction of sp³-hybridized carbons (Fsp3) is 0.100. The van der Waals surface area contributed by atoms with E-state index < -0.39 is 0 Å². The summed E-state index contributed by atoms with van der Waals surface area (Å²) < 4.78 is 6.73. The molecule has 0 unspecified atom stereocenters. The Morgan fingerprint density at radius 2 is 1.88 bits per heavy atom. The first-order valence-corrected chi connectivity index (χ1v) is 7.95. The van der Waals surface area contributed by atoms with E-state index in [1.54, 1.807) is 6.07 Å². The minimum Gasteiger partial charge on any atom is -0.465 e. The topological polar surface area (TPSA) is 69.6 Å². The zero-order chi connectivity index (χ0) is 17.6. The van der Waals surface area contributed by atoms with E-state index >= 15 is 0 Å². The van der Waals surface area contributed by atoms with Crippen LogP contribution < -0.4 is 5.73 Å². The first-order valence-electron chi connectivity index (χ1n) is 7.95. The lowest BCUT2D eigenvalue weighted by Gasteiger charge is -2.06. The van der Waals surface area contributed by atoms with Gasteiger partial charge in [0.1, 0.15) is 17.2 Å². The third-order valence-electron chi connectivity index (χ3n) is 4.49. The molecule has 0 fully saturated rings. The minimum absolute atomic E-state index is 0.367. The number of imidazole rings is 1. The van der Waals surface area contributed by atoms with E-state index in [0.29, 0.717) is 11.4 Å². The molecule has 0 bridgehead atoms. The average Bonchev–Trinajstić information content (AvgIpc) is 2.98. The minimum atomic E-state index is -0.367. The molecule has 0 saturated carbocycles. The third-order valence-corrected chi connectivity index (χ3v) is 4.49. The number of hydrogen-bond donors (Lipinski definition) is 1. The van der Waals surface area contributed by atoms with Gasteiger partial charge in [0.15, 0.2) is 0 Å². The highest BCUT2D eigenvalue weighted by Crippen LogP contribution is 2.32. The van der Waals surface area contributed by atoms with Gasteiger partial charge in [-0.1, -0.05) is 36.4 Å². The molecule has 25 heavy (non-hydrogen) atoms. The van der Waals surface area contributed by atoms with Gasteiger partial charge in [-0.25, -0.2) is 9.78 Å². The molecule has 0 amide bonds. The van der Waals surface area contributed by atoms with Crippen LogP contribution in [0.5, 0.6) is 0 Å². The molecule has 0 aliphatic heterocycles. The molecule has 4 aromatic rings. The molecule has 124 valence electrons. The van der Waals surface area contributed by atoms with E-state index in [1.807, 2.05) is 60.0 Å². The molecule has 2 N–H and O–H groups in total. The van der Waals surface area contributed by atoms with Gasteiger partial charge in [0, 0.05) is 22.5 Å². The fourth-order valence-electron chi connectivity index (χ4n) is 3.20. The Labute approximate surface area is 144 Å². The summed E-state index contributed by atoms with van der Waals surface area (Å²) in [6.07, 6.45) is 1.84. The quantitative estimate of drug-likeness (QED) is 0.567. The molecule has 5 heteroatoms. The number of pyridine rings is 1. The smallest absolute Gasteiger partial charge is 0.338 e. The molecule has 0 aliphatic rings. The van der Waals surface area contributed by atoms with Crippen LogP contribution in [-0.2, 0) is 4.74 Å². The molecular weight excluding hydrogens is 314 g/mol. The third kappa shape index (κ3) is 2.24. The first-order chi connectivity index (χ1) is 12.1. The van der Waals surface area contributed by atoms with Gasteiger partial charge in [-0.15, -0.1) is 0 Å². The Morgan fingerprint density at radius 1 is 1.08 bits per heavy atom. The van der Waals surface area contributed by atoms with Crippen molar-refractivity contribution in [2.75, 3.05) is 12.8 Å². The summed E-state index contributed by atoms with van der Waals surface area (Å²) in [4.78, 5) is 16.8. The highest BCUT2D eigenvalue weighted by Gasteiger charge is 2.17. The number of aryl methyl sites for hydroxylation is 1. The van der Waals surface area contributed by atoms with Crippen LogP contribution in [0.25, 0.3) is 27.7 Å². The van der Waals surface area contributed by atoms with E-state index in [-0.39, 0.29) is 5.97 Å². The highest BCUT2D eigenvalue weighted by atomic mass is 16.5. The number of esters is 1. The number of hydrogen-bond acceptors (Lipinski definition) is 4. The van der Waals surface area contributed by atoms with Crippen molar-refractivity contribution in [3.8, 4) is 11.3 Å². The number of ether oxygens (including phenoxy) is 1. The molecule has 0 radical (unpaired) electrons. The van der Waals surface area contributed by atoms with Crippen LogP contribution in [0.3, 0.4) is 0 Å². The Bertz CT molecular complexity index is 1130. The van der Waals surface area contributed by atoms with Gasteiger partial charge in [0.05, 0.1) is 12.7 Å². The predicted molar refractivity (Wildman–Crippen MR) is 98.6 cm³/mol. The zero-order valence-corrected chi connectivity index (χ0v) is 14.0. The van der Waals surface area contributed by atoms with Gasteiger partial charge in [-0.05, 0) is 24.6 Å². The van der Waals surface area contributed by atoms with Crippen molar-refractivity contribution in [1.82, 2.24) is 9.38 Å². The summed E-state index contributed by atoms with van der Waals surface area (Å²) in [6, 6.07) is 15.4. The Hall–Kier alpha value is -3.34. The van der Waals surface area contributed by atoms with Gasteiger partial charge < -0.3 is 10.5 Å². The summed E-state index contributed by atoms with van der Waals surface area (Å²) in [6.45, 7) is 2.03. The number of aromatic nitrogens is 2. The average molecular weight is 331 g/mol. The molecule has 2 aromatic carbocycles. The first kappa shape index (κ1) is 15.2. The number of benzene rings is 2. The number of methoxy groups -OCH3 is 1. The molecule has 4 rings (SSSR count). The maximum Gasteiger partial charge on any atom is 0.338 e. The second kappa shape index (κ2) is 5.63. The Kier molecular flexibility index (Phi) is 3.42. The second-order valence-electron chi connectivity index (χ2n) is 5.93. The van der Waals surface area contributed by atoms with E-state index in [1.165, 1.54) is 7.11 Å². The van der Waals surface area contributed by atoms with Crippen molar-refractivity contribution in [1.29, 1.82) is 0 Å². The maximum absolute atomic E-state index is 12.0. The number of carbonyl (C=O) groups is 1. The normalized spacial score (nSPS) is 11.1. The Balaban J connectivity index is 2.05. The second-order valence-corrected chi connectivity index (χ2v) is 5.93. The lowest BCUT2D eigenvalue weighted by molar-refractivity contribution is 0.0603. The van der Waals surface area contributed by atoms with Crippen LogP contribution in [0.15, 0.2) is 54.7 Å². The standard InChI is InChI=1S/C20H17N3O2/c1-12-6-3-4-7-13(12)17-18(21)23-11-10-14-15(19(23)22-17)8-5-9-16(14)20(24)25-2/h3-11H,21H2,1-2H3. The van der Waals surface area contributed by atoms with Crippen LogP contribution in [0.2, 0.25) is 0 Å².